The Hall–Kier alpha value is -2.33. The highest BCUT2D eigenvalue weighted by atomic mass is 16.4. The first kappa shape index (κ1) is 15.2. The van der Waals surface area contributed by atoms with Crippen LogP contribution in [0.5, 0.6) is 0 Å². The Bertz CT molecular complexity index is 768. The van der Waals surface area contributed by atoms with Crippen molar-refractivity contribution in [3.05, 3.63) is 54.1 Å². The lowest BCUT2D eigenvalue weighted by Gasteiger charge is -2.30. The number of para-hydroxylation sites is 2. The van der Waals surface area contributed by atoms with Gasteiger partial charge in [0, 0.05) is 12.2 Å². The van der Waals surface area contributed by atoms with Crippen molar-refractivity contribution in [2.24, 2.45) is 5.92 Å². The smallest absolute Gasteiger partial charge is 0.300 e. The molecular weight excluding hydrogens is 298 g/mol. The maximum atomic E-state index is 5.70. The maximum absolute atomic E-state index is 5.70. The van der Waals surface area contributed by atoms with E-state index in [0.29, 0.717) is 6.01 Å². The second-order valence-corrected chi connectivity index (χ2v) is 6.77. The van der Waals surface area contributed by atoms with Gasteiger partial charge in [-0.25, -0.2) is 0 Å². The Kier molecular flexibility index (Phi) is 4.22. The molecule has 4 rings (SSSR count). The molecule has 1 aliphatic heterocycles. The molecule has 24 heavy (non-hydrogen) atoms. The van der Waals surface area contributed by atoms with Crippen molar-refractivity contribution in [2.45, 2.75) is 26.3 Å². The fourth-order valence-electron chi connectivity index (χ4n) is 3.22. The highest BCUT2D eigenvalue weighted by molar-refractivity contribution is 5.75. The molecule has 4 nitrogen and oxygen atoms in total. The number of benzene rings is 2. The average Bonchev–Trinajstić information content (AvgIpc) is 3.01. The van der Waals surface area contributed by atoms with Gasteiger partial charge in [-0.2, -0.15) is 4.98 Å². The van der Waals surface area contributed by atoms with Crippen molar-refractivity contribution in [2.75, 3.05) is 18.4 Å². The van der Waals surface area contributed by atoms with Crippen LogP contribution in [-0.2, 0) is 6.54 Å². The molecule has 124 valence electrons. The first-order valence-corrected chi connectivity index (χ1v) is 8.70. The number of hydrogen-bond acceptors (Lipinski definition) is 4. The monoisotopic (exact) mass is 321 g/mol. The van der Waals surface area contributed by atoms with E-state index in [1.165, 1.54) is 31.5 Å². The van der Waals surface area contributed by atoms with Crippen LogP contribution in [0.15, 0.2) is 52.9 Å². The summed E-state index contributed by atoms with van der Waals surface area (Å²) in [6, 6.07) is 16.9. The summed E-state index contributed by atoms with van der Waals surface area (Å²) in [7, 11) is 0. The van der Waals surface area contributed by atoms with E-state index in [2.05, 4.69) is 46.4 Å². The number of hydrogen-bond donors (Lipinski definition) is 1. The number of likely N-dealkylation sites (tertiary alicyclic amines) is 1. The highest BCUT2D eigenvalue weighted by Gasteiger charge is 2.15. The number of fused-ring (bicyclic) bond motifs is 1. The molecular formula is C20H23N3O. The molecule has 0 amide bonds. The number of oxazole rings is 1. The van der Waals surface area contributed by atoms with Crippen LogP contribution in [0, 0.1) is 5.92 Å². The fourth-order valence-corrected chi connectivity index (χ4v) is 3.22. The van der Waals surface area contributed by atoms with E-state index < -0.39 is 0 Å². The number of nitrogens with zero attached hydrogens (tertiary/aromatic N) is 2. The topological polar surface area (TPSA) is 41.3 Å². The molecule has 1 N–H and O–H groups in total. The van der Waals surface area contributed by atoms with Crippen molar-refractivity contribution >= 4 is 22.8 Å². The summed E-state index contributed by atoms with van der Waals surface area (Å²) in [4.78, 5) is 6.99. The fraction of sp³-hybridized carbons (Fsp3) is 0.350. The quantitative estimate of drug-likeness (QED) is 0.749. The van der Waals surface area contributed by atoms with Gasteiger partial charge >= 0.3 is 0 Å². The van der Waals surface area contributed by atoms with Crippen LogP contribution in [0.1, 0.15) is 25.3 Å². The van der Waals surface area contributed by atoms with Crippen LogP contribution < -0.4 is 5.32 Å². The molecule has 4 heteroatoms. The van der Waals surface area contributed by atoms with Crippen LogP contribution in [0.25, 0.3) is 11.1 Å². The molecule has 0 unspecified atom stereocenters. The Balaban J connectivity index is 1.40. The first-order valence-electron chi connectivity index (χ1n) is 8.70. The van der Waals surface area contributed by atoms with E-state index in [4.69, 9.17) is 4.42 Å². The average molecular weight is 321 g/mol. The second-order valence-electron chi connectivity index (χ2n) is 6.77. The number of aromatic nitrogens is 1. The Morgan fingerprint density at radius 3 is 2.58 bits per heavy atom. The van der Waals surface area contributed by atoms with Gasteiger partial charge in [-0.1, -0.05) is 31.2 Å². The maximum Gasteiger partial charge on any atom is 0.300 e. The molecule has 3 aromatic rings. The zero-order chi connectivity index (χ0) is 16.4. The molecule has 2 heterocycles. The van der Waals surface area contributed by atoms with Crippen molar-refractivity contribution in [3.8, 4) is 0 Å². The molecule has 1 aromatic heterocycles. The Labute approximate surface area is 142 Å². The van der Waals surface area contributed by atoms with Gasteiger partial charge in [0.1, 0.15) is 5.52 Å². The molecule has 0 bridgehead atoms. The van der Waals surface area contributed by atoms with Gasteiger partial charge in [0.05, 0.1) is 0 Å². The summed E-state index contributed by atoms with van der Waals surface area (Å²) in [5.41, 5.74) is 4.03. The summed E-state index contributed by atoms with van der Waals surface area (Å²) >= 11 is 0. The van der Waals surface area contributed by atoms with E-state index in [1.54, 1.807) is 0 Å². The lowest BCUT2D eigenvalue weighted by Crippen LogP contribution is -2.32. The Morgan fingerprint density at radius 1 is 1.08 bits per heavy atom. The van der Waals surface area contributed by atoms with E-state index >= 15 is 0 Å². The van der Waals surface area contributed by atoms with Crippen LogP contribution in [-0.4, -0.2) is 23.0 Å². The normalized spacial score (nSPS) is 16.5. The highest BCUT2D eigenvalue weighted by Crippen LogP contribution is 2.23. The van der Waals surface area contributed by atoms with Crippen LogP contribution in [0.3, 0.4) is 0 Å². The van der Waals surface area contributed by atoms with Crippen LogP contribution in [0.2, 0.25) is 0 Å². The second kappa shape index (κ2) is 6.65. The molecule has 0 saturated carbocycles. The minimum absolute atomic E-state index is 0.536. The van der Waals surface area contributed by atoms with Gasteiger partial charge in [0.2, 0.25) is 0 Å². The van der Waals surface area contributed by atoms with Crippen LogP contribution >= 0.6 is 0 Å². The predicted molar refractivity (Wildman–Crippen MR) is 97.4 cm³/mol. The molecule has 0 aliphatic carbocycles. The summed E-state index contributed by atoms with van der Waals surface area (Å²) in [6.45, 7) is 5.81. The Morgan fingerprint density at radius 2 is 1.83 bits per heavy atom. The van der Waals surface area contributed by atoms with E-state index in [1.807, 2.05) is 24.3 Å². The largest absolute Gasteiger partial charge is 0.423 e. The third kappa shape index (κ3) is 3.44. The number of piperidine rings is 1. The van der Waals surface area contributed by atoms with E-state index in [9.17, 15) is 0 Å². The molecule has 0 radical (unpaired) electrons. The van der Waals surface area contributed by atoms with Gasteiger partial charge in [-0.15, -0.1) is 0 Å². The molecule has 0 atom stereocenters. The van der Waals surface area contributed by atoms with Crippen LogP contribution in [0.4, 0.5) is 11.7 Å². The van der Waals surface area contributed by atoms with Gasteiger partial charge in [0.25, 0.3) is 6.01 Å². The van der Waals surface area contributed by atoms with Gasteiger partial charge < -0.3 is 9.73 Å². The van der Waals surface area contributed by atoms with Gasteiger partial charge in [0.15, 0.2) is 5.58 Å². The number of rotatable bonds is 4. The van der Waals surface area contributed by atoms with Crippen molar-refractivity contribution in [1.82, 2.24) is 9.88 Å². The molecule has 2 aromatic carbocycles. The zero-order valence-corrected chi connectivity index (χ0v) is 14.0. The molecule has 0 spiro atoms. The summed E-state index contributed by atoms with van der Waals surface area (Å²) in [5.74, 6) is 0.879. The summed E-state index contributed by atoms with van der Waals surface area (Å²) in [6.07, 6.45) is 2.63. The van der Waals surface area contributed by atoms with Gasteiger partial charge in [-0.3, -0.25) is 4.90 Å². The third-order valence-electron chi connectivity index (χ3n) is 4.78. The predicted octanol–water partition coefficient (Wildman–Crippen LogP) is 4.80. The standard InChI is InChI=1S/C20H23N3O/c1-15-10-12-23(13-11-15)14-16-6-8-17(9-7-16)21-20-22-18-4-2-3-5-19(18)24-20/h2-9,15H,10-14H2,1H3,(H,21,22). The molecule has 1 fully saturated rings. The summed E-state index contributed by atoms with van der Waals surface area (Å²) < 4.78 is 5.70. The van der Waals surface area contributed by atoms with Crippen molar-refractivity contribution < 1.29 is 4.42 Å². The van der Waals surface area contributed by atoms with Gasteiger partial charge in [-0.05, 0) is 61.7 Å². The minimum Gasteiger partial charge on any atom is -0.423 e. The third-order valence-corrected chi connectivity index (χ3v) is 4.78. The zero-order valence-electron chi connectivity index (χ0n) is 14.0. The van der Waals surface area contributed by atoms with Crippen molar-refractivity contribution in [3.63, 3.8) is 0 Å². The lowest BCUT2D eigenvalue weighted by molar-refractivity contribution is 0.185. The first-order chi connectivity index (χ1) is 11.8. The molecule has 1 saturated heterocycles. The lowest BCUT2D eigenvalue weighted by atomic mass is 9.99. The summed E-state index contributed by atoms with van der Waals surface area (Å²) in [5, 5.41) is 3.24. The van der Waals surface area contributed by atoms with Crippen molar-refractivity contribution in [1.29, 1.82) is 0 Å². The number of anilines is 2. The van der Waals surface area contributed by atoms with E-state index in [0.717, 1.165) is 29.2 Å². The minimum atomic E-state index is 0.536. The SMILES string of the molecule is CC1CCN(Cc2ccc(Nc3nc4ccccc4o3)cc2)CC1. The molecule has 1 aliphatic rings. The van der Waals surface area contributed by atoms with E-state index in [-0.39, 0.29) is 0 Å². The number of nitrogens with one attached hydrogen (secondary N) is 1.